The number of carboxylic acids is 1. The van der Waals surface area contributed by atoms with Crippen molar-refractivity contribution >= 4 is 17.3 Å². The maximum absolute atomic E-state index is 13.4. The molecule has 23 heavy (non-hydrogen) atoms. The summed E-state index contributed by atoms with van der Waals surface area (Å²) in [6.07, 6.45) is 0.767. The Hall–Kier alpha value is -1.86. The van der Waals surface area contributed by atoms with E-state index in [0.29, 0.717) is 23.7 Å². The molecule has 0 aromatic carbocycles. The summed E-state index contributed by atoms with van der Waals surface area (Å²) in [5, 5.41) is 9.06. The van der Waals surface area contributed by atoms with E-state index in [0.717, 1.165) is 30.3 Å². The molecule has 1 N–H and O–H groups in total. The van der Waals surface area contributed by atoms with Gasteiger partial charge in [0.2, 0.25) is 0 Å². The number of carboxylic acid groups (broad SMARTS) is 1. The number of alkyl halides is 2. The highest BCUT2D eigenvalue weighted by Crippen LogP contribution is 2.29. The second-order valence-electron chi connectivity index (χ2n) is 5.73. The van der Waals surface area contributed by atoms with Crippen molar-refractivity contribution in [2.75, 3.05) is 6.54 Å². The summed E-state index contributed by atoms with van der Waals surface area (Å²) < 4.78 is 26.7. The smallest absolute Gasteiger partial charge is 0.345 e. The van der Waals surface area contributed by atoms with E-state index in [1.165, 1.54) is 17.4 Å². The molecule has 3 heterocycles. The van der Waals surface area contributed by atoms with Crippen molar-refractivity contribution in [3.8, 4) is 0 Å². The SMILES string of the molecule is CC(F)(F)c1cccc(CN2CCc3cc(C(=O)O)sc3C2)n1. The molecule has 0 amide bonds. The minimum absolute atomic E-state index is 0.225. The number of aromatic nitrogens is 1. The highest BCUT2D eigenvalue weighted by molar-refractivity contribution is 7.14. The lowest BCUT2D eigenvalue weighted by atomic mass is 10.1. The zero-order chi connectivity index (χ0) is 16.6. The van der Waals surface area contributed by atoms with Crippen LogP contribution in [0.15, 0.2) is 24.3 Å². The molecule has 3 rings (SSSR count). The first-order valence-corrected chi connectivity index (χ1v) is 8.06. The van der Waals surface area contributed by atoms with Crippen LogP contribution in [0.1, 0.15) is 38.4 Å². The fourth-order valence-electron chi connectivity index (χ4n) is 2.65. The second kappa shape index (κ2) is 5.98. The van der Waals surface area contributed by atoms with Gasteiger partial charge in [-0.2, -0.15) is 8.78 Å². The number of halogens is 2. The molecule has 122 valence electrons. The van der Waals surface area contributed by atoms with Crippen molar-refractivity contribution in [1.29, 1.82) is 0 Å². The van der Waals surface area contributed by atoms with Crippen LogP contribution in [0, 0.1) is 0 Å². The lowest BCUT2D eigenvalue weighted by molar-refractivity contribution is 0.0124. The minimum Gasteiger partial charge on any atom is -0.477 e. The van der Waals surface area contributed by atoms with E-state index in [9.17, 15) is 13.6 Å². The average Bonchev–Trinajstić information content (AvgIpc) is 2.90. The predicted octanol–water partition coefficient (Wildman–Crippen LogP) is 3.51. The van der Waals surface area contributed by atoms with Crippen molar-refractivity contribution in [2.45, 2.75) is 32.4 Å². The number of hydrogen-bond acceptors (Lipinski definition) is 4. The highest BCUT2D eigenvalue weighted by Gasteiger charge is 2.27. The van der Waals surface area contributed by atoms with Crippen LogP contribution in [-0.4, -0.2) is 27.5 Å². The molecule has 0 saturated carbocycles. The Balaban J connectivity index is 1.73. The molecule has 0 spiro atoms. The Kier molecular flexibility index (Phi) is 4.16. The zero-order valence-corrected chi connectivity index (χ0v) is 13.4. The Labute approximate surface area is 136 Å². The molecule has 1 aliphatic rings. The largest absolute Gasteiger partial charge is 0.477 e. The van der Waals surface area contributed by atoms with Crippen molar-refractivity contribution in [1.82, 2.24) is 9.88 Å². The lowest BCUT2D eigenvalue weighted by Crippen LogP contribution is -2.29. The average molecular weight is 338 g/mol. The van der Waals surface area contributed by atoms with Gasteiger partial charge in [-0.15, -0.1) is 11.3 Å². The van der Waals surface area contributed by atoms with Crippen LogP contribution in [0.5, 0.6) is 0 Å². The van der Waals surface area contributed by atoms with Crippen LogP contribution in [-0.2, 0) is 25.4 Å². The summed E-state index contributed by atoms with van der Waals surface area (Å²) in [4.78, 5) is 18.6. The molecule has 4 nitrogen and oxygen atoms in total. The quantitative estimate of drug-likeness (QED) is 0.927. The van der Waals surface area contributed by atoms with Gasteiger partial charge in [0.1, 0.15) is 10.6 Å². The monoisotopic (exact) mass is 338 g/mol. The minimum atomic E-state index is -2.95. The predicted molar refractivity (Wildman–Crippen MR) is 82.9 cm³/mol. The lowest BCUT2D eigenvalue weighted by Gasteiger charge is -2.26. The first-order chi connectivity index (χ1) is 10.8. The van der Waals surface area contributed by atoms with Gasteiger partial charge >= 0.3 is 5.97 Å². The van der Waals surface area contributed by atoms with Crippen LogP contribution in [0.3, 0.4) is 0 Å². The van der Waals surface area contributed by atoms with Crippen molar-refractivity contribution < 1.29 is 18.7 Å². The molecule has 2 aromatic heterocycles. The normalized spacial score (nSPS) is 15.4. The van der Waals surface area contributed by atoms with Gasteiger partial charge in [-0.3, -0.25) is 9.88 Å². The number of fused-ring (bicyclic) bond motifs is 1. The van der Waals surface area contributed by atoms with Gasteiger partial charge in [0, 0.05) is 31.4 Å². The zero-order valence-electron chi connectivity index (χ0n) is 12.6. The van der Waals surface area contributed by atoms with Gasteiger partial charge < -0.3 is 5.11 Å². The number of thiophene rings is 1. The number of nitrogens with zero attached hydrogens (tertiary/aromatic N) is 2. The number of aromatic carboxylic acids is 1. The molecule has 0 atom stereocenters. The van der Waals surface area contributed by atoms with E-state index in [2.05, 4.69) is 9.88 Å². The van der Waals surface area contributed by atoms with E-state index in [1.807, 2.05) is 0 Å². The summed E-state index contributed by atoms with van der Waals surface area (Å²) >= 11 is 1.28. The summed E-state index contributed by atoms with van der Waals surface area (Å²) in [6.45, 7) is 2.70. The van der Waals surface area contributed by atoms with Crippen LogP contribution >= 0.6 is 11.3 Å². The van der Waals surface area contributed by atoms with E-state index in [1.54, 1.807) is 18.2 Å². The number of hydrogen-bond donors (Lipinski definition) is 1. The summed E-state index contributed by atoms with van der Waals surface area (Å²) in [7, 11) is 0. The Bertz CT molecular complexity index is 740. The van der Waals surface area contributed by atoms with E-state index >= 15 is 0 Å². The first-order valence-electron chi connectivity index (χ1n) is 7.24. The molecule has 0 saturated heterocycles. The third-order valence-electron chi connectivity index (χ3n) is 3.81. The molecular weight excluding hydrogens is 322 g/mol. The van der Waals surface area contributed by atoms with E-state index in [-0.39, 0.29) is 5.69 Å². The van der Waals surface area contributed by atoms with Gasteiger partial charge in [0.15, 0.2) is 0 Å². The standard InChI is InChI=1S/C16H16F2N2O2S/c1-16(17,18)14-4-2-3-11(19-14)8-20-6-5-10-7-12(15(21)22)23-13(10)9-20/h2-4,7H,5-6,8-9H2,1H3,(H,21,22). The topological polar surface area (TPSA) is 53.4 Å². The summed E-state index contributed by atoms with van der Waals surface area (Å²) in [6, 6.07) is 6.40. The Morgan fingerprint density at radius 1 is 1.48 bits per heavy atom. The molecule has 7 heteroatoms. The highest BCUT2D eigenvalue weighted by atomic mass is 32.1. The van der Waals surface area contributed by atoms with Gasteiger partial charge in [0.25, 0.3) is 5.92 Å². The van der Waals surface area contributed by atoms with Crippen LogP contribution < -0.4 is 0 Å². The van der Waals surface area contributed by atoms with Gasteiger partial charge in [-0.1, -0.05) is 6.07 Å². The molecule has 0 radical (unpaired) electrons. The van der Waals surface area contributed by atoms with Gasteiger partial charge in [0.05, 0.1) is 5.69 Å². The molecule has 1 aliphatic heterocycles. The fraction of sp³-hybridized carbons (Fsp3) is 0.375. The van der Waals surface area contributed by atoms with Gasteiger partial charge in [-0.05, 0) is 30.2 Å². The molecule has 0 bridgehead atoms. The molecule has 0 unspecified atom stereocenters. The Morgan fingerprint density at radius 3 is 2.96 bits per heavy atom. The third kappa shape index (κ3) is 3.56. The van der Waals surface area contributed by atoms with Crippen LogP contribution in [0.25, 0.3) is 0 Å². The maximum Gasteiger partial charge on any atom is 0.345 e. The fourth-order valence-corrected chi connectivity index (χ4v) is 3.75. The Morgan fingerprint density at radius 2 is 2.26 bits per heavy atom. The summed E-state index contributed by atoms with van der Waals surface area (Å²) in [5.41, 5.74) is 1.45. The molecule has 0 aliphatic carbocycles. The number of pyridine rings is 1. The maximum atomic E-state index is 13.4. The number of carbonyl (C=O) groups is 1. The van der Waals surface area contributed by atoms with Crippen LogP contribution in [0.2, 0.25) is 0 Å². The van der Waals surface area contributed by atoms with E-state index in [4.69, 9.17) is 5.11 Å². The molecule has 0 fully saturated rings. The van der Waals surface area contributed by atoms with E-state index < -0.39 is 11.9 Å². The van der Waals surface area contributed by atoms with Crippen molar-refractivity contribution in [2.24, 2.45) is 0 Å². The molecular formula is C16H16F2N2O2S. The van der Waals surface area contributed by atoms with Crippen molar-refractivity contribution in [3.63, 3.8) is 0 Å². The van der Waals surface area contributed by atoms with Crippen LogP contribution in [0.4, 0.5) is 8.78 Å². The summed E-state index contributed by atoms with van der Waals surface area (Å²) in [5.74, 6) is -3.86. The van der Waals surface area contributed by atoms with Gasteiger partial charge in [-0.25, -0.2) is 4.79 Å². The molecule has 2 aromatic rings. The van der Waals surface area contributed by atoms with Crippen molar-refractivity contribution in [3.05, 3.63) is 51.0 Å². The first kappa shape index (κ1) is 16.0. The number of rotatable bonds is 4. The third-order valence-corrected chi connectivity index (χ3v) is 4.96. The second-order valence-corrected chi connectivity index (χ2v) is 6.86.